The monoisotopic (exact) mass is 1340 g/mol. The molecule has 97 heavy (non-hydrogen) atoms. The normalized spacial score (nSPS) is 16.9. The number of benzene rings is 6. The Morgan fingerprint density at radius 3 is 1.46 bits per heavy atom. The first kappa shape index (κ1) is 76.5. The number of carbonyl (C=O) groups is 2. The molecule has 6 aliphatic heterocycles. The molecule has 0 radical (unpaired) electrons. The third-order valence-electron chi connectivity index (χ3n) is 16.9. The van der Waals surface area contributed by atoms with E-state index in [0.29, 0.717) is 18.7 Å². The molecule has 0 fully saturated rings. The molecule has 0 unspecified atom stereocenters. The summed E-state index contributed by atoms with van der Waals surface area (Å²) < 4.78 is 81.8. The number of anilines is 5. The molecular weight excluding hydrogens is 1230 g/mol. The van der Waals surface area contributed by atoms with E-state index in [-0.39, 0.29) is 68.1 Å². The second-order valence-corrected chi connectivity index (χ2v) is 33.6. The van der Waals surface area contributed by atoms with Crippen LogP contribution >= 0.6 is 0 Å². The summed E-state index contributed by atoms with van der Waals surface area (Å²) in [5.74, 6) is 1.61. The number of nitrogens with zero attached hydrogens (tertiary/aromatic N) is 1. The van der Waals surface area contributed by atoms with E-state index in [1.54, 1.807) is 11.0 Å². The highest BCUT2D eigenvalue weighted by molar-refractivity contribution is 5.95. The Balaban J connectivity index is 0.000000165. The first-order valence-electron chi connectivity index (χ1n) is 33.9. The zero-order chi connectivity index (χ0) is 72.3. The van der Waals surface area contributed by atoms with Crippen molar-refractivity contribution in [2.75, 3.05) is 65.6 Å². The minimum Gasteiger partial charge on any atom is -0.490 e. The van der Waals surface area contributed by atoms with E-state index in [1.165, 1.54) is 75.3 Å². The third kappa shape index (κ3) is 20.9. The predicted molar refractivity (Wildman–Crippen MR) is 387 cm³/mol. The van der Waals surface area contributed by atoms with Crippen molar-refractivity contribution in [3.63, 3.8) is 0 Å². The molecule has 6 heterocycles. The highest BCUT2D eigenvalue weighted by atomic mass is 19.3. The van der Waals surface area contributed by atoms with Crippen LogP contribution in [0.3, 0.4) is 0 Å². The van der Waals surface area contributed by atoms with Crippen LogP contribution in [0.5, 0.6) is 28.7 Å². The maximum atomic E-state index is 13.0. The molecule has 0 spiro atoms. The van der Waals surface area contributed by atoms with Crippen molar-refractivity contribution in [2.24, 2.45) is 0 Å². The molecular formula is C80H109F4N5O8. The predicted octanol–water partition coefficient (Wildman–Crippen LogP) is 20.2. The van der Waals surface area contributed by atoms with E-state index in [9.17, 15) is 27.2 Å². The van der Waals surface area contributed by atoms with Crippen LogP contribution in [-0.2, 0) is 54.9 Å². The van der Waals surface area contributed by atoms with Gasteiger partial charge in [0.15, 0.2) is 18.1 Å². The lowest BCUT2D eigenvalue weighted by molar-refractivity contribution is -0.391. The van der Waals surface area contributed by atoms with Gasteiger partial charge in [-0.25, -0.2) is 4.79 Å². The van der Waals surface area contributed by atoms with Crippen LogP contribution in [0.1, 0.15) is 210 Å². The van der Waals surface area contributed by atoms with Crippen LogP contribution in [0.25, 0.3) is 0 Å². The van der Waals surface area contributed by atoms with Crippen molar-refractivity contribution in [3.8, 4) is 28.7 Å². The molecule has 0 bridgehead atoms. The van der Waals surface area contributed by atoms with Gasteiger partial charge in [0.1, 0.15) is 36.1 Å². The molecule has 6 aromatic rings. The van der Waals surface area contributed by atoms with Crippen LogP contribution in [0, 0.1) is 0 Å². The summed E-state index contributed by atoms with van der Waals surface area (Å²) in [6, 6.07) is 36.1. The van der Waals surface area contributed by atoms with E-state index >= 15 is 0 Å². The number of aryl methyl sites for hydroxylation is 1. The number of hydrogen-bond acceptors (Lipinski definition) is 11. The van der Waals surface area contributed by atoms with E-state index in [1.807, 2.05) is 71.9 Å². The zero-order valence-corrected chi connectivity index (χ0v) is 62.0. The fourth-order valence-electron chi connectivity index (χ4n) is 11.0. The summed E-state index contributed by atoms with van der Waals surface area (Å²) in [6.07, 6.45) is -6.03. The van der Waals surface area contributed by atoms with Crippen molar-refractivity contribution < 1.29 is 55.6 Å². The number of fused-ring (bicyclic) bond motifs is 6. The zero-order valence-electron chi connectivity index (χ0n) is 62.0. The first-order valence-corrected chi connectivity index (χ1v) is 33.9. The smallest absolute Gasteiger partial charge is 0.490 e. The molecule has 6 aliphatic rings. The van der Waals surface area contributed by atoms with Crippen molar-refractivity contribution in [1.82, 2.24) is 0 Å². The number of rotatable bonds is 0. The van der Waals surface area contributed by atoms with Gasteiger partial charge in [-0.15, -0.1) is 0 Å². The summed E-state index contributed by atoms with van der Waals surface area (Å²) >= 11 is 0. The molecule has 4 N–H and O–H groups in total. The van der Waals surface area contributed by atoms with Gasteiger partial charge in [-0.2, -0.15) is 17.6 Å². The Bertz CT molecular complexity index is 3670. The molecule has 6 aromatic carbocycles. The maximum Gasteiger partial charge on any atom is 0.507 e. The van der Waals surface area contributed by atoms with Crippen LogP contribution in [-0.4, -0.2) is 74.8 Å². The summed E-state index contributed by atoms with van der Waals surface area (Å²) in [6.45, 7) is 52.7. The third-order valence-corrected chi connectivity index (χ3v) is 16.9. The summed E-state index contributed by atoms with van der Waals surface area (Å²) in [5, 5.41) is 13.2. The van der Waals surface area contributed by atoms with Gasteiger partial charge >= 0.3 is 18.3 Å². The van der Waals surface area contributed by atoms with Gasteiger partial charge in [0.25, 0.3) is 5.91 Å². The molecule has 13 nitrogen and oxygen atoms in total. The molecule has 0 saturated carbocycles. The van der Waals surface area contributed by atoms with Crippen LogP contribution < -0.4 is 49.9 Å². The SMILES string of the molecule is CC(C)(C)OC(=O)N1CCOc2ccc(C(C)(C)C)cc21.CC(C)(C)c1ccc2c(c1)NC(=O)CO2.CC(C)(C)c1ccc2c(c1)NCCC2.CC(C)(C)c1ccc2c(c1)NCCO2.CC(C)(C)c1ccc2c(c1)OC(F)(F)C(F)(F)O2.CC1(C)Cc2cc(C(C)(C)C)ccc2N1. The standard InChI is InChI=1S/C17H25NO3.C14H21N.C13H19N.C12H12F4O2.C12H15NO2.C12H17NO/c1-16(2,3)12-7-8-14-13(11-12)18(9-10-20-14)15(19)21-17(4,5)6;1-13(2,3)11-6-7-12-10(8-11)9-14(4,5)15-12;1-13(2,3)11-7-6-10-5-4-8-14-12(10)9-11;1-10(2,3)7-4-5-8-9(6-7)18-12(15,16)11(13,14)17-8;1-12(2,3)8-4-5-10-9(6-8)13-11(14)7-15-10;1-12(2,3)9-4-5-11-10(8-9)13-6-7-14-11/h7-8,11H,9-10H2,1-6H3;6-8,15H,9H2,1-5H3;6-7,9,14H,4-5,8H2,1-3H3;4-6H,1-3H3;4-6H,7H2,1-3H3,(H,13,14);4-5,8,13H,6-7H2,1-3H3. The van der Waals surface area contributed by atoms with Crippen molar-refractivity contribution in [1.29, 1.82) is 0 Å². The fourth-order valence-corrected chi connectivity index (χ4v) is 11.0. The number of ether oxygens (including phenoxy) is 6. The van der Waals surface area contributed by atoms with Crippen molar-refractivity contribution in [3.05, 3.63) is 154 Å². The number of carbonyl (C=O) groups excluding carboxylic acids is 2. The summed E-state index contributed by atoms with van der Waals surface area (Å²) in [5.41, 5.74) is 15.8. The highest BCUT2D eigenvalue weighted by Gasteiger charge is 2.66. The minimum absolute atomic E-state index is 0.0199. The number of hydrogen-bond donors (Lipinski definition) is 4. The van der Waals surface area contributed by atoms with Gasteiger partial charge in [-0.1, -0.05) is 173 Å². The van der Waals surface area contributed by atoms with E-state index in [2.05, 4.69) is 209 Å². The number of alkyl halides is 4. The Hall–Kier alpha value is -7.82. The van der Waals surface area contributed by atoms with Crippen LogP contribution in [0.2, 0.25) is 0 Å². The number of amides is 2. The molecule has 0 saturated heterocycles. The van der Waals surface area contributed by atoms with Gasteiger partial charge in [-0.05, 0) is 192 Å². The quantitative estimate of drug-likeness (QED) is 0.108. The molecule has 0 aromatic heterocycles. The van der Waals surface area contributed by atoms with Crippen molar-refractivity contribution >= 4 is 40.4 Å². The maximum absolute atomic E-state index is 13.0. The molecule has 2 amide bonds. The molecule has 0 aliphatic carbocycles. The van der Waals surface area contributed by atoms with E-state index < -0.39 is 17.8 Å². The average Bonchev–Trinajstić information content (AvgIpc) is 1.31. The summed E-state index contributed by atoms with van der Waals surface area (Å²) in [7, 11) is 0. The number of nitrogens with one attached hydrogen (secondary N) is 4. The first-order chi connectivity index (χ1) is 44.5. The van der Waals surface area contributed by atoms with Gasteiger partial charge in [0, 0.05) is 30.0 Å². The van der Waals surface area contributed by atoms with Gasteiger partial charge in [0.05, 0.1) is 23.6 Å². The highest BCUT2D eigenvalue weighted by Crippen LogP contribution is 2.48. The van der Waals surface area contributed by atoms with Crippen molar-refractivity contribution in [2.45, 2.75) is 234 Å². The average molecular weight is 1340 g/mol. The minimum atomic E-state index is -4.67. The molecule has 0 atom stereocenters. The number of halogens is 4. The van der Waals surface area contributed by atoms with Gasteiger partial charge in [0.2, 0.25) is 0 Å². The van der Waals surface area contributed by atoms with E-state index in [0.717, 1.165) is 60.4 Å². The molecule has 530 valence electrons. The fraction of sp³-hybridized carbons (Fsp3) is 0.525. The van der Waals surface area contributed by atoms with Crippen LogP contribution in [0.15, 0.2) is 109 Å². The largest absolute Gasteiger partial charge is 0.507 e. The molecule has 12 rings (SSSR count). The topological polar surface area (TPSA) is 141 Å². The lowest BCUT2D eigenvalue weighted by Crippen LogP contribution is -2.52. The summed E-state index contributed by atoms with van der Waals surface area (Å²) in [4.78, 5) is 25.2. The van der Waals surface area contributed by atoms with E-state index in [4.69, 9.17) is 18.9 Å². The Kier molecular flexibility index (Phi) is 22.8. The van der Waals surface area contributed by atoms with Crippen LogP contribution in [0.4, 0.5) is 50.8 Å². The second-order valence-electron chi connectivity index (χ2n) is 33.6. The second kappa shape index (κ2) is 28.9. The Morgan fingerprint density at radius 2 is 0.907 bits per heavy atom. The Morgan fingerprint density at radius 1 is 0.464 bits per heavy atom. The molecule has 17 heteroatoms. The van der Waals surface area contributed by atoms with Gasteiger partial charge in [-0.3, -0.25) is 9.69 Å². The Labute approximate surface area is 575 Å². The lowest BCUT2D eigenvalue weighted by atomic mass is 9.85. The van der Waals surface area contributed by atoms with Gasteiger partial charge < -0.3 is 49.7 Å². The lowest BCUT2D eigenvalue weighted by Gasteiger charge is -2.33.